The number of hydrogen-bond acceptors (Lipinski definition) is 6. The maximum atomic E-state index is 13.1. The molecule has 0 bridgehead atoms. The number of fused-ring (bicyclic) bond motifs is 1. The van der Waals surface area contributed by atoms with Gasteiger partial charge >= 0.3 is 0 Å². The Hall–Kier alpha value is -2.53. The SMILES string of the molecule is CC1(C)OCC(Cn2ccc3cc(C=CS(=O)(=O)N4CCC5(CC4)N=C(C4CCCCC4)NC5=O)ccc32)O1. The fourth-order valence-electron chi connectivity index (χ4n) is 6.37. The Kier molecular flexibility index (Phi) is 6.94. The minimum Gasteiger partial charge on any atom is -0.348 e. The fourth-order valence-corrected chi connectivity index (χ4v) is 7.56. The number of nitrogens with zero attached hydrogens (tertiary/aromatic N) is 3. The molecule has 2 aromatic rings. The number of sulfonamides is 1. The van der Waals surface area contributed by atoms with Crippen LogP contribution in [0, 0.1) is 5.92 Å². The first-order valence-electron chi connectivity index (χ1n) is 14.1. The average Bonchev–Trinajstić information content (AvgIpc) is 3.58. The number of aromatic nitrogens is 1. The first-order chi connectivity index (χ1) is 18.6. The third-order valence-corrected chi connectivity index (χ3v) is 10.2. The maximum Gasteiger partial charge on any atom is 0.253 e. The molecule has 1 unspecified atom stereocenters. The summed E-state index contributed by atoms with van der Waals surface area (Å²) >= 11 is 0. The van der Waals surface area contributed by atoms with Crippen molar-refractivity contribution in [3.8, 4) is 0 Å². The van der Waals surface area contributed by atoms with Crippen LogP contribution in [0.5, 0.6) is 0 Å². The Labute approximate surface area is 230 Å². The lowest BCUT2D eigenvalue weighted by Crippen LogP contribution is -2.50. The van der Waals surface area contributed by atoms with Gasteiger partial charge in [-0.2, -0.15) is 4.31 Å². The van der Waals surface area contributed by atoms with Crippen molar-refractivity contribution in [1.29, 1.82) is 0 Å². The number of carbonyl (C=O) groups is 1. The number of amidine groups is 1. The number of aliphatic imine (C=N–C) groups is 1. The molecule has 0 radical (unpaired) electrons. The summed E-state index contributed by atoms with van der Waals surface area (Å²) in [6.07, 6.45) is 10.2. The van der Waals surface area contributed by atoms with E-state index in [4.69, 9.17) is 14.5 Å². The van der Waals surface area contributed by atoms with Gasteiger partial charge in [0.2, 0.25) is 10.0 Å². The number of hydrogen-bond donors (Lipinski definition) is 1. The van der Waals surface area contributed by atoms with Gasteiger partial charge in [0.05, 0.1) is 13.2 Å². The third-order valence-electron chi connectivity index (χ3n) is 8.60. The second-order valence-corrected chi connectivity index (χ2v) is 13.6. The number of nitrogens with one attached hydrogen (secondary N) is 1. The summed E-state index contributed by atoms with van der Waals surface area (Å²) in [5, 5.41) is 5.35. The molecule has 1 aromatic carbocycles. The van der Waals surface area contributed by atoms with E-state index in [1.54, 1.807) is 6.08 Å². The highest BCUT2D eigenvalue weighted by Gasteiger charge is 2.48. The summed E-state index contributed by atoms with van der Waals surface area (Å²) in [6.45, 7) is 5.66. The van der Waals surface area contributed by atoms with E-state index in [1.807, 2.05) is 44.3 Å². The van der Waals surface area contributed by atoms with Gasteiger partial charge < -0.3 is 19.4 Å². The summed E-state index contributed by atoms with van der Waals surface area (Å²) in [4.78, 5) is 17.7. The van der Waals surface area contributed by atoms with Gasteiger partial charge in [-0.1, -0.05) is 25.3 Å². The number of piperidine rings is 1. The molecule has 6 rings (SSSR count). The van der Waals surface area contributed by atoms with Crippen molar-refractivity contribution in [1.82, 2.24) is 14.2 Å². The molecule has 2 saturated heterocycles. The van der Waals surface area contributed by atoms with Gasteiger partial charge in [-0.3, -0.25) is 9.79 Å². The van der Waals surface area contributed by atoms with Crippen LogP contribution in [0.3, 0.4) is 0 Å². The zero-order chi connectivity index (χ0) is 27.3. The van der Waals surface area contributed by atoms with Crippen LogP contribution in [0.15, 0.2) is 40.9 Å². The van der Waals surface area contributed by atoms with Crippen molar-refractivity contribution in [2.45, 2.75) is 82.8 Å². The summed E-state index contributed by atoms with van der Waals surface area (Å²) < 4.78 is 41.5. The van der Waals surface area contributed by atoms with Gasteiger partial charge in [0, 0.05) is 41.5 Å². The normalized spacial score (nSPS) is 26.1. The predicted octanol–water partition coefficient (Wildman–Crippen LogP) is 4.04. The number of carbonyl (C=O) groups excluding carboxylic acids is 1. The molecule has 1 saturated carbocycles. The van der Waals surface area contributed by atoms with Crippen LogP contribution in [0.4, 0.5) is 0 Å². The lowest BCUT2D eigenvalue weighted by atomic mass is 9.88. The topological polar surface area (TPSA) is 102 Å². The van der Waals surface area contributed by atoms with Gasteiger partial charge in [-0.05, 0) is 69.4 Å². The molecular formula is C29H38N4O5S. The number of benzene rings is 1. The van der Waals surface area contributed by atoms with Gasteiger partial charge in [0.1, 0.15) is 17.5 Å². The minimum absolute atomic E-state index is 0.0103. The number of ether oxygens (including phenoxy) is 2. The summed E-state index contributed by atoms with van der Waals surface area (Å²) in [7, 11) is -3.62. The van der Waals surface area contributed by atoms with Crippen molar-refractivity contribution in [3.05, 3.63) is 41.4 Å². The highest BCUT2D eigenvalue weighted by molar-refractivity contribution is 7.92. The van der Waals surface area contributed by atoms with Crippen molar-refractivity contribution in [2.75, 3.05) is 19.7 Å². The summed E-state index contributed by atoms with van der Waals surface area (Å²) in [6, 6.07) is 7.95. The molecule has 4 aliphatic rings. The van der Waals surface area contributed by atoms with Crippen LogP contribution in [0.1, 0.15) is 64.4 Å². The van der Waals surface area contributed by atoms with E-state index >= 15 is 0 Å². The fraction of sp³-hybridized carbons (Fsp3) is 0.586. The third kappa shape index (κ3) is 5.44. The lowest BCUT2D eigenvalue weighted by molar-refractivity contribution is -0.139. The summed E-state index contributed by atoms with van der Waals surface area (Å²) in [5.41, 5.74) is 1.06. The van der Waals surface area contributed by atoms with E-state index in [0.29, 0.717) is 31.9 Å². The van der Waals surface area contributed by atoms with Crippen LogP contribution in [-0.4, -0.2) is 66.2 Å². The zero-order valence-electron chi connectivity index (χ0n) is 22.8. The average molecular weight is 555 g/mol. The van der Waals surface area contributed by atoms with Gasteiger partial charge in [0.25, 0.3) is 5.91 Å². The Morgan fingerprint density at radius 3 is 2.62 bits per heavy atom. The molecule has 3 fully saturated rings. The molecule has 3 aliphatic heterocycles. The Morgan fingerprint density at radius 2 is 1.90 bits per heavy atom. The number of amides is 1. The predicted molar refractivity (Wildman–Crippen MR) is 150 cm³/mol. The van der Waals surface area contributed by atoms with Crippen LogP contribution in [0.2, 0.25) is 0 Å². The zero-order valence-corrected chi connectivity index (χ0v) is 23.6. The Bertz CT molecular complexity index is 1410. The van der Waals surface area contributed by atoms with Crippen molar-refractivity contribution >= 4 is 38.7 Å². The molecule has 1 aliphatic carbocycles. The van der Waals surface area contributed by atoms with Crippen molar-refractivity contribution in [2.24, 2.45) is 10.9 Å². The molecular weight excluding hydrogens is 516 g/mol. The highest BCUT2D eigenvalue weighted by atomic mass is 32.2. The van der Waals surface area contributed by atoms with Gasteiger partial charge in [-0.25, -0.2) is 8.42 Å². The lowest BCUT2D eigenvalue weighted by Gasteiger charge is -2.34. The van der Waals surface area contributed by atoms with Gasteiger partial charge in [0.15, 0.2) is 5.79 Å². The van der Waals surface area contributed by atoms with Crippen LogP contribution in [-0.2, 0) is 30.8 Å². The van der Waals surface area contributed by atoms with E-state index in [2.05, 4.69) is 9.88 Å². The van der Waals surface area contributed by atoms with E-state index in [9.17, 15) is 13.2 Å². The van der Waals surface area contributed by atoms with E-state index in [0.717, 1.165) is 35.1 Å². The summed E-state index contributed by atoms with van der Waals surface area (Å²) in [5.74, 6) is 0.540. The molecule has 9 nitrogen and oxygen atoms in total. The number of rotatable bonds is 6. The Morgan fingerprint density at radius 1 is 1.13 bits per heavy atom. The van der Waals surface area contributed by atoms with Crippen molar-refractivity contribution in [3.63, 3.8) is 0 Å². The second-order valence-electron chi connectivity index (χ2n) is 11.8. The molecule has 1 spiro atoms. The van der Waals surface area contributed by atoms with Crippen molar-refractivity contribution < 1.29 is 22.7 Å². The quantitative estimate of drug-likeness (QED) is 0.581. The molecule has 39 heavy (non-hydrogen) atoms. The maximum absolute atomic E-state index is 13.1. The highest BCUT2D eigenvalue weighted by Crippen LogP contribution is 2.35. The largest absolute Gasteiger partial charge is 0.348 e. The smallest absolute Gasteiger partial charge is 0.253 e. The molecule has 210 valence electrons. The molecule has 1 aromatic heterocycles. The standard InChI is InChI=1S/C29H38N4O5S/c1-28(2)37-20-24(38-28)19-32-14-10-23-18-21(8-9-25(23)32)11-17-39(35,36)33-15-12-29(13-16-33)27(34)30-26(31-29)22-6-4-3-5-7-22/h8-11,14,17-18,22,24H,3-7,12-13,15-16,19-20H2,1-2H3,(H,30,31,34). The van der Waals surface area contributed by atoms with E-state index in [1.165, 1.54) is 29.0 Å². The monoisotopic (exact) mass is 554 g/mol. The van der Waals surface area contributed by atoms with Crippen LogP contribution in [0.25, 0.3) is 17.0 Å². The second kappa shape index (κ2) is 10.1. The van der Waals surface area contributed by atoms with E-state index in [-0.39, 0.29) is 25.1 Å². The molecule has 1 amide bonds. The molecule has 10 heteroatoms. The van der Waals surface area contributed by atoms with Crippen LogP contribution >= 0.6 is 0 Å². The molecule has 4 heterocycles. The van der Waals surface area contributed by atoms with Crippen LogP contribution < -0.4 is 5.32 Å². The molecule has 1 atom stereocenters. The minimum atomic E-state index is -3.62. The first kappa shape index (κ1) is 26.7. The van der Waals surface area contributed by atoms with E-state index < -0.39 is 21.3 Å². The van der Waals surface area contributed by atoms with Gasteiger partial charge in [-0.15, -0.1) is 0 Å². The Balaban J connectivity index is 1.09. The first-order valence-corrected chi connectivity index (χ1v) is 15.6. The molecule has 1 N–H and O–H groups in total.